The molecular weight excluding hydrogens is 298 g/mol. The summed E-state index contributed by atoms with van der Waals surface area (Å²) in [4.78, 5) is 22.6. The number of amides is 1. The van der Waals surface area contributed by atoms with E-state index in [2.05, 4.69) is 23.7 Å². The second-order valence-electron chi connectivity index (χ2n) is 6.28. The third-order valence-electron chi connectivity index (χ3n) is 4.71. The average Bonchev–Trinajstić information content (AvgIpc) is 3.10. The molecule has 22 heavy (non-hydrogen) atoms. The van der Waals surface area contributed by atoms with E-state index in [9.17, 15) is 4.79 Å². The fourth-order valence-corrected chi connectivity index (χ4v) is 4.42. The third kappa shape index (κ3) is 3.05. The van der Waals surface area contributed by atoms with Crippen LogP contribution in [-0.2, 0) is 11.2 Å². The summed E-state index contributed by atoms with van der Waals surface area (Å²) in [5.41, 5.74) is 0.884. The summed E-state index contributed by atoms with van der Waals surface area (Å²) in [5, 5.41) is 1.05. The van der Waals surface area contributed by atoms with Gasteiger partial charge in [-0.1, -0.05) is 13.8 Å². The molecule has 0 bridgehead atoms. The number of aromatic nitrogens is 1. The summed E-state index contributed by atoms with van der Waals surface area (Å²) in [5.74, 6) is 0.679. The summed E-state index contributed by atoms with van der Waals surface area (Å²) in [6.07, 6.45) is 0.894. The van der Waals surface area contributed by atoms with Crippen LogP contribution in [0.5, 0.6) is 0 Å². The molecule has 1 amide bonds. The van der Waals surface area contributed by atoms with Gasteiger partial charge in [-0.2, -0.15) is 0 Å². The maximum Gasteiger partial charge on any atom is 0.265 e. The molecule has 3 rings (SSSR count). The first-order valence-electron chi connectivity index (χ1n) is 8.17. The molecule has 1 aromatic rings. The standard InChI is InChI=1S/C16H25N3O2S/c1-4-14-17-12(3)15(22-14)16(20)19-9-11(2)13(10-19)18-5-7-21-8-6-18/h11,13H,4-10H2,1-3H3/t11-,13+/m0/s1. The van der Waals surface area contributed by atoms with Crippen LogP contribution in [-0.4, -0.2) is 66.1 Å². The first-order chi connectivity index (χ1) is 10.6. The summed E-state index contributed by atoms with van der Waals surface area (Å²) in [6, 6.07) is 0.465. The van der Waals surface area contributed by atoms with Gasteiger partial charge in [0.15, 0.2) is 0 Å². The predicted molar refractivity (Wildman–Crippen MR) is 87.5 cm³/mol. The highest BCUT2D eigenvalue weighted by Crippen LogP contribution is 2.27. The Bertz CT molecular complexity index is 539. The second-order valence-corrected chi connectivity index (χ2v) is 7.36. The van der Waals surface area contributed by atoms with Crippen molar-refractivity contribution in [1.82, 2.24) is 14.8 Å². The van der Waals surface area contributed by atoms with Crippen LogP contribution >= 0.6 is 11.3 Å². The van der Waals surface area contributed by atoms with Crippen molar-refractivity contribution in [3.8, 4) is 0 Å². The lowest BCUT2D eigenvalue weighted by Crippen LogP contribution is -2.47. The minimum atomic E-state index is 0.164. The SMILES string of the molecule is CCc1nc(C)c(C(=O)N2C[C@@H](N3CCOCC3)[C@@H](C)C2)s1. The Balaban J connectivity index is 1.70. The molecule has 2 aliphatic rings. The molecule has 0 saturated carbocycles. The van der Waals surface area contributed by atoms with E-state index in [1.807, 2.05) is 11.8 Å². The van der Waals surface area contributed by atoms with Gasteiger partial charge in [0, 0.05) is 32.2 Å². The van der Waals surface area contributed by atoms with Crippen molar-refractivity contribution < 1.29 is 9.53 Å². The molecule has 3 heterocycles. The Labute approximate surface area is 136 Å². The van der Waals surface area contributed by atoms with Crippen molar-refractivity contribution in [2.24, 2.45) is 5.92 Å². The summed E-state index contributed by atoms with van der Waals surface area (Å²) >= 11 is 1.56. The second kappa shape index (κ2) is 6.64. The van der Waals surface area contributed by atoms with E-state index in [-0.39, 0.29) is 5.91 Å². The fourth-order valence-electron chi connectivity index (χ4n) is 3.45. The highest BCUT2D eigenvalue weighted by atomic mass is 32.1. The van der Waals surface area contributed by atoms with Crippen LogP contribution in [0.4, 0.5) is 0 Å². The quantitative estimate of drug-likeness (QED) is 0.851. The van der Waals surface area contributed by atoms with E-state index in [0.29, 0.717) is 12.0 Å². The van der Waals surface area contributed by atoms with Crippen molar-refractivity contribution >= 4 is 17.2 Å². The number of morpholine rings is 1. The molecule has 0 unspecified atom stereocenters. The lowest BCUT2D eigenvalue weighted by Gasteiger charge is -2.33. The number of hydrogen-bond acceptors (Lipinski definition) is 5. The van der Waals surface area contributed by atoms with Crippen LogP contribution in [0.15, 0.2) is 0 Å². The van der Waals surface area contributed by atoms with Crippen LogP contribution < -0.4 is 0 Å². The molecule has 122 valence electrons. The van der Waals surface area contributed by atoms with Crippen LogP contribution in [0.1, 0.15) is 34.2 Å². The van der Waals surface area contributed by atoms with Gasteiger partial charge in [0.2, 0.25) is 0 Å². The zero-order chi connectivity index (χ0) is 15.7. The molecule has 2 saturated heterocycles. The van der Waals surface area contributed by atoms with Gasteiger partial charge in [-0.3, -0.25) is 9.69 Å². The number of nitrogens with zero attached hydrogens (tertiary/aromatic N) is 3. The minimum absolute atomic E-state index is 0.164. The summed E-state index contributed by atoms with van der Waals surface area (Å²) in [6.45, 7) is 11.5. The number of hydrogen-bond donors (Lipinski definition) is 0. The molecule has 5 nitrogen and oxygen atoms in total. The zero-order valence-corrected chi connectivity index (χ0v) is 14.5. The average molecular weight is 323 g/mol. The van der Waals surface area contributed by atoms with Crippen LogP contribution in [0.2, 0.25) is 0 Å². The van der Waals surface area contributed by atoms with Gasteiger partial charge < -0.3 is 9.64 Å². The van der Waals surface area contributed by atoms with Crippen LogP contribution in [0.25, 0.3) is 0 Å². The fraction of sp³-hybridized carbons (Fsp3) is 0.750. The van der Waals surface area contributed by atoms with E-state index in [1.54, 1.807) is 11.3 Å². The molecule has 6 heteroatoms. The number of ether oxygens (including phenoxy) is 1. The topological polar surface area (TPSA) is 45.7 Å². The number of rotatable bonds is 3. The van der Waals surface area contributed by atoms with E-state index >= 15 is 0 Å². The molecule has 2 fully saturated rings. The maximum absolute atomic E-state index is 12.8. The van der Waals surface area contributed by atoms with E-state index < -0.39 is 0 Å². The zero-order valence-electron chi connectivity index (χ0n) is 13.7. The predicted octanol–water partition coefficient (Wildman–Crippen LogP) is 1.81. The lowest BCUT2D eigenvalue weighted by molar-refractivity contribution is 0.0119. The van der Waals surface area contributed by atoms with Crippen LogP contribution in [0.3, 0.4) is 0 Å². The van der Waals surface area contributed by atoms with Gasteiger partial charge in [-0.05, 0) is 19.3 Å². The molecule has 2 aliphatic heterocycles. The van der Waals surface area contributed by atoms with E-state index in [0.717, 1.165) is 61.4 Å². The number of thiazole rings is 1. The van der Waals surface area contributed by atoms with Gasteiger partial charge in [-0.15, -0.1) is 11.3 Å². The van der Waals surface area contributed by atoms with Crippen LogP contribution in [0, 0.1) is 12.8 Å². The molecule has 1 aromatic heterocycles. The molecule has 0 spiro atoms. The Morgan fingerprint density at radius 1 is 1.36 bits per heavy atom. The lowest BCUT2D eigenvalue weighted by atomic mass is 10.0. The van der Waals surface area contributed by atoms with Gasteiger partial charge in [0.25, 0.3) is 5.91 Å². The summed E-state index contributed by atoms with van der Waals surface area (Å²) in [7, 11) is 0. The van der Waals surface area contributed by atoms with E-state index in [4.69, 9.17) is 4.74 Å². The first-order valence-corrected chi connectivity index (χ1v) is 8.99. The van der Waals surface area contributed by atoms with Gasteiger partial charge in [-0.25, -0.2) is 4.98 Å². The number of carbonyl (C=O) groups excluding carboxylic acids is 1. The van der Waals surface area contributed by atoms with Gasteiger partial charge in [0.05, 0.1) is 23.9 Å². The van der Waals surface area contributed by atoms with Crippen molar-refractivity contribution in [3.63, 3.8) is 0 Å². The molecule has 0 aliphatic carbocycles. The Hall–Kier alpha value is -0.980. The van der Waals surface area contributed by atoms with Gasteiger partial charge >= 0.3 is 0 Å². The third-order valence-corrected chi connectivity index (χ3v) is 6.00. The van der Waals surface area contributed by atoms with E-state index in [1.165, 1.54) is 0 Å². The molecule has 2 atom stereocenters. The smallest absolute Gasteiger partial charge is 0.265 e. The molecule has 0 aromatic carbocycles. The van der Waals surface area contributed by atoms with Crippen molar-refractivity contribution in [1.29, 1.82) is 0 Å². The Morgan fingerprint density at radius 2 is 2.09 bits per heavy atom. The van der Waals surface area contributed by atoms with Gasteiger partial charge in [0.1, 0.15) is 4.88 Å². The number of carbonyl (C=O) groups is 1. The monoisotopic (exact) mass is 323 g/mol. The van der Waals surface area contributed by atoms with Crippen molar-refractivity contribution in [2.45, 2.75) is 33.2 Å². The molecule has 0 N–H and O–H groups in total. The minimum Gasteiger partial charge on any atom is -0.379 e. The maximum atomic E-state index is 12.8. The number of likely N-dealkylation sites (tertiary alicyclic amines) is 1. The number of aryl methyl sites for hydroxylation is 2. The normalized spacial score (nSPS) is 26.6. The largest absolute Gasteiger partial charge is 0.379 e. The Morgan fingerprint density at radius 3 is 2.73 bits per heavy atom. The highest BCUT2D eigenvalue weighted by Gasteiger charge is 2.37. The molecular formula is C16H25N3O2S. The van der Waals surface area contributed by atoms with Crippen molar-refractivity contribution in [2.75, 3.05) is 39.4 Å². The molecule has 0 radical (unpaired) electrons. The highest BCUT2D eigenvalue weighted by molar-refractivity contribution is 7.13. The Kier molecular flexibility index (Phi) is 4.80. The van der Waals surface area contributed by atoms with Crippen molar-refractivity contribution in [3.05, 3.63) is 15.6 Å². The summed E-state index contributed by atoms with van der Waals surface area (Å²) < 4.78 is 5.44. The first kappa shape index (κ1) is 15.9.